The predicted octanol–water partition coefficient (Wildman–Crippen LogP) is 3.49. The quantitative estimate of drug-likeness (QED) is 0.542. The minimum Gasteiger partial charge on any atom is -0.508 e. The highest BCUT2D eigenvalue weighted by Crippen LogP contribution is 2.36. The van der Waals surface area contributed by atoms with E-state index >= 15 is 0 Å². The zero-order valence-corrected chi connectivity index (χ0v) is 17.5. The van der Waals surface area contributed by atoms with Gasteiger partial charge in [0.1, 0.15) is 11.8 Å². The highest BCUT2D eigenvalue weighted by molar-refractivity contribution is 7.92. The fourth-order valence-corrected chi connectivity index (χ4v) is 3.92. The number of nitrogens with one attached hydrogen (secondary N) is 2. The second-order valence-electron chi connectivity index (χ2n) is 6.93. The molecule has 9 heteroatoms. The lowest BCUT2D eigenvalue weighted by Crippen LogP contribution is -2.39. The second-order valence-corrected chi connectivity index (χ2v) is 8.95. The molecule has 4 rings (SSSR count). The maximum Gasteiger partial charge on any atom is 0.308 e. The molecule has 3 N–H and O–H groups in total. The van der Waals surface area contributed by atoms with E-state index in [9.17, 15) is 18.3 Å². The van der Waals surface area contributed by atoms with E-state index < -0.39 is 22.0 Å². The van der Waals surface area contributed by atoms with E-state index in [4.69, 9.17) is 4.42 Å². The number of phenols is 1. The molecule has 0 fully saturated rings. The van der Waals surface area contributed by atoms with Crippen LogP contribution in [0.3, 0.4) is 0 Å². The number of hydrogen-bond acceptors (Lipinski definition) is 6. The number of carbonyl (C=O) groups is 1. The second kappa shape index (κ2) is 8.19. The summed E-state index contributed by atoms with van der Waals surface area (Å²) in [6.45, 7) is 1.56. The highest BCUT2D eigenvalue weighted by atomic mass is 32.2. The molecule has 0 aliphatic carbocycles. The van der Waals surface area contributed by atoms with Crippen molar-refractivity contribution in [1.29, 1.82) is 0 Å². The van der Waals surface area contributed by atoms with E-state index in [2.05, 4.69) is 10.1 Å². The average molecular weight is 439 g/mol. The smallest absolute Gasteiger partial charge is 0.308 e. The summed E-state index contributed by atoms with van der Waals surface area (Å²) < 4.78 is 31.6. The Morgan fingerprint density at radius 2 is 1.97 bits per heavy atom. The number of furan rings is 1. The number of para-hydroxylation sites is 1. The van der Waals surface area contributed by atoms with Crippen molar-refractivity contribution in [1.82, 2.24) is 10.4 Å². The lowest BCUT2D eigenvalue weighted by Gasteiger charge is -2.25. The zero-order valence-electron chi connectivity index (χ0n) is 16.6. The third-order valence-corrected chi connectivity index (χ3v) is 6.18. The minimum atomic E-state index is -3.43. The summed E-state index contributed by atoms with van der Waals surface area (Å²) in [5, 5.41) is 11.7. The first-order chi connectivity index (χ1) is 14.9. The van der Waals surface area contributed by atoms with Gasteiger partial charge in [-0.3, -0.25) is 14.9 Å². The number of rotatable bonds is 6. The molecule has 0 unspecified atom stereocenters. The van der Waals surface area contributed by atoms with Gasteiger partial charge < -0.3 is 9.52 Å². The lowest BCUT2D eigenvalue weighted by atomic mass is 10.0. The number of aromatic hydroxyl groups is 1. The zero-order chi connectivity index (χ0) is 22.0. The Kier molecular flexibility index (Phi) is 5.43. The minimum absolute atomic E-state index is 0.0427. The van der Waals surface area contributed by atoms with Gasteiger partial charge in [-0.2, -0.15) is 0 Å². The summed E-state index contributed by atoms with van der Waals surface area (Å²) in [6.07, 6.45) is 3.21. The Hall–Kier alpha value is -3.72. The summed E-state index contributed by atoms with van der Waals surface area (Å²) >= 11 is 0. The van der Waals surface area contributed by atoms with Gasteiger partial charge in [0.25, 0.3) is 0 Å². The fourth-order valence-electron chi connectivity index (χ4n) is 3.29. The molecule has 3 aromatic rings. The molecule has 8 nitrogen and oxygen atoms in total. The first-order valence-electron chi connectivity index (χ1n) is 9.62. The van der Waals surface area contributed by atoms with Crippen LogP contribution < -0.4 is 10.1 Å². The monoisotopic (exact) mass is 439 g/mol. The van der Waals surface area contributed by atoms with Crippen molar-refractivity contribution < 1.29 is 22.7 Å². The van der Waals surface area contributed by atoms with E-state index in [0.29, 0.717) is 22.5 Å². The molecule has 1 aliphatic heterocycles. The molecule has 1 aromatic heterocycles. The van der Waals surface area contributed by atoms with Gasteiger partial charge in [-0.05, 0) is 43.3 Å². The van der Waals surface area contributed by atoms with Gasteiger partial charge in [0.05, 0.1) is 17.7 Å². The SMILES string of the molecule is CCS(=O)(=O)Nc1cccc(C2=C[C@@H](c3ccccc3O)N(C(=O)c3ccco3)N2)c1. The van der Waals surface area contributed by atoms with E-state index in [1.54, 1.807) is 73.7 Å². The van der Waals surface area contributed by atoms with Crippen molar-refractivity contribution in [2.24, 2.45) is 0 Å². The Bertz CT molecular complexity index is 1240. The number of amides is 1. The lowest BCUT2D eigenvalue weighted by molar-refractivity contribution is 0.0638. The van der Waals surface area contributed by atoms with Crippen LogP contribution >= 0.6 is 0 Å². The molecular weight excluding hydrogens is 418 g/mol. The molecule has 2 heterocycles. The van der Waals surface area contributed by atoms with Gasteiger partial charge >= 0.3 is 5.91 Å². The van der Waals surface area contributed by atoms with Crippen LogP contribution in [0.5, 0.6) is 5.75 Å². The summed E-state index contributed by atoms with van der Waals surface area (Å²) in [5.74, 6) is -0.258. The van der Waals surface area contributed by atoms with Gasteiger partial charge in [-0.1, -0.05) is 30.3 Å². The van der Waals surface area contributed by atoms with Crippen molar-refractivity contribution in [2.45, 2.75) is 13.0 Å². The summed E-state index contributed by atoms with van der Waals surface area (Å²) in [5.41, 5.74) is 5.28. The topological polar surface area (TPSA) is 112 Å². The Labute approximate surface area is 179 Å². The Balaban J connectivity index is 1.71. The van der Waals surface area contributed by atoms with Crippen LogP contribution in [-0.2, 0) is 10.0 Å². The van der Waals surface area contributed by atoms with Gasteiger partial charge in [0.2, 0.25) is 10.0 Å². The largest absolute Gasteiger partial charge is 0.508 e. The Morgan fingerprint density at radius 3 is 2.68 bits per heavy atom. The van der Waals surface area contributed by atoms with Crippen LogP contribution in [0, 0.1) is 0 Å². The van der Waals surface area contributed by atoms with Crippen LogP contribution in [0.4, 0.5) is 5.69 Å². The standard InChI is InChI=1S/C22H21N3O5S/c1-2-31(28,29)24-16-8-5-7-15(13-16)18-14-19(17-9-3-4-10-20(17)26)25(23-18)22(27)21-11-6-12-30-21/h3-14,19,23-24,26H,2H2,1H3/t19-/m0/s1. The highest BCUT2D eigenvalue weighted by Gasteiger charge is 2.34. The molecule has 1 aliphatic rings. The number of sulfonamides is 1. The molecule has 1 amide bonds. The first kappa shape index (κ1) is 20.5. The first-order valence-corrected chi connectivity index (χ1v) is 11.3. The molecule has 31 heavy (non-hydrogen) atoms. The maximum absolute atomic E-state index is 13.0. The summed E-state index contributed by atoms with van der Waals surface area (Å²) in [4.78, 5) is 13.0. The van der Waals surface area contributed by atoms with Gasteiger partial charge in [0.15, 0.2) is 5.76 Å². The van der Waals surface area contributed by atoms with E-state index in [1.165, 1.54) is 11.3 Å². The van der Waals surface area contributed by atoms with Gasteiger partial charge in [-0.25, -0.2) is 13.4 Å². The molecule has 2 aromatic carbocycles. The van der Waals surface area contributed by atoms with Crippen molar-refractivity contribution >= 4 is 27.3 Å². The molecule has 0 bridgehead atoms. The summed E-state index contributed by atoms with van der Waals surface area (Å²) in [6, 6.07) is 16.2. The third-order valence-electron chi connectivity index (χ3n) is 4.88. The maximum atomic E-state index is 13.0. The van der Waals surface area contributed by atoms with Crippen molar-refractivity contribution in [3.05, 3.63) is 89.9 Å². The van der Waals surface area contributed by atoms with Crippen LogP contribution in [-0.4, -0.2) is 30.2 Å². The van der Waals surface area contributed by atoms with Gasteiger partial charge in [-0.15, -0.1) is 0 Å². The number of phenolic OH excluding ortho intramolecular Hbond substituents is 1. The van der Waals surface area contributed by atoms with Crippen LogP contribution in [0.2, 0.25) is 0 Å². The van der Waals surface area contributed by atoms with E-state index in [0.717, 1.165) is 0 Å². The van der Waals surface area contributed by atoms with Crippen LogP contribution in [0.1, 0.15) is 34.6 Å². The van der Waals surface area contributed by atoms with Crippen molar-refractivity contribution in [3.8, 4) is 5.75 Å². The Morgan fingerprint density at radius 1 is 1.16 bits per heavy atom. The average Bonchev–Trinajstić information content (AvgIpc) is 3.44. The molecule has 0 saturated heterocycles. The number of nitrogens with zero attached hydrogens (tertiary/aromatic N) is 1. The fraction of sp³-hybridized carbons (Fsp3) is 0.136. The molecule has 0 spiro atoms. The molecule has 0 saturated carbocycles. The number of hydrazine groups is 1. The number of benzene rings is 2. The molecular formula is C22H21N3O5S. The normalized spacial score (nSPS) is 16.0. The van der Waals surface area contributed by atoms with Crippen LogP contribution in [0.15, 0.2) is 77.4 Å². The van der Waals surface area contributed by atoms with Crippen molar-refractivity contribution in [2.75, 3.05) is 10.5 Å². The van der Waals surface area contributed by atoms with Crippen LogP contribution in [0.25, 0.3) is 5.70 Å². The van der Waals surface area contributed by atoms with E-state index in [-0.39, 0.29) is 17.3 Å². The molecule has 0 radical (unpaired) electrons. The van der Waals surface area contributed by atoms with Crippen molar-refractivity contribution in [3.63, 3.8) is 0 Å². The molecule has 1 atom stereocenters. The number of carbonyl (C=O) groups excluding carboxylic acids is 1. The summed E-state index contributed by atoms with van der Waals surface area (Å²) in [7, 11) is -3.43. The third kappa shape index (κ3) is 4.26. The predicted molar refractivity (Wildman–Crippen MR) is 116 cm³/mol. The van der Waals surface area contributed by atoms with Gasteiger partial charge in [0, 0.05) is 16.8 Å². The number of anilines is 1. The molecule has 160 valence electrons. The number of hydrogen-bond donors (Lipinski definition) is 3. The van der Waals surface area contributed by atoms with E-state index in [1.807, 2.05) is 0 Å².